The second-order valence-corrected chi connectivity index (χ2v) is 5.07. The summed E-state index contributed by atoms with van der Waals surface area (Å²) >= 11 is 0. The van der Waals surface area contributed by atoms with Crippen molar-refractivity contribution in [3.05, 3.63) is 0 Å². The largest absolute Gasteiger partial charge is 0.465 e. The summed E-state index contributed by atoms with van der Waals surface area (Å²) in [6.07, 6.45) is 0.488. The molecule has 0 aromatic carbocycles. The highest BCUT2D eigenvalue weighted by Gasteiger charge is 2.35. The smallest absolute Gasteiger partial charge is 0.326 e. The van der Waals surface area contributed by atoms with E-state index in [9.17, 15) is 4.79 Å². The second kappa shape index (κ2) is 11.9. The summed E-state index contributed by atoms with van der Waals surface area (Å²) in [6, 6.07) is 0. The molecule has 1 N–H and O–H groups in total. The Kier molecular flexibility index (Phi) is 11.5. The van der Waals surface area contributed by atoms with Gasteiger partial charge in [0.05, 0.1) is 39.1 Å². The Morgan fingerprint density at radius 2 is 1.86 bits per heavy atom. The number of hydrogen-bond donors (Lipinski definition) is 1. The van der Waals surface area contributed by atoms with Crippen LogP contribution in [0.15, 0.2) is 0 Å². The minimum Gasteiger partial charge on any atom is -0.465 e. The molecule has 0 aliphatic carbocycles. The molecule has 0 radical (unpaired) electrons. The molecule has 0 bridgehead atoms. The first kappa shape index (κ1) is 20.3. The van der Waals surface area contributed by atoms with E-state index in [4.69, 9.17) is 18.9 Å². The Hall–Kier alpha value is -0.690. The van der Waals surface area contributed by atoms with Gasteiger partial charge in [-0.15, -0.1) is 0 Å². The molecule has 0 amide bonds. The lowest BCUT2D eigenvalue weighted by molar-refractivity contribution is -0.152. The van der Waals surface area contributed by atoms with Gasteiger partial charge in [0.15, 0.2) is 0 Å². The highest BCUT2D eigenvalue weighted by molar-refractivity contribution is 5.80. The van der Waals surface area contributed by atoms with Crippen LogP contribution in [0.5, 0.6) is 0 Å². The van der Waals surface area contributed by atoms with E-state index in [1.165, 1.54) is 0 Å². The third kappa shape index (κ3) is 9.03. The van der Waals surface area contributed by atoms with Gasteiger partial charge in [0.2, 0.25) is 0 Å². The molecule has 0 aliphatic heterocycles. The van der Waals surface area contributed by atoms with Gasteiger partial charge in [-0.25, -0.2) is 0 Å². The van der Waals surface area contributed by atoms with E-state index in [-0.39, 0.29) is 12.1 Å². The van der Waals surface area contributed by atoms with Crippen LogP contribution in [0.1, 0.15) is 34.1 Å². The van der Waals surface area contributed by atoms with Gasteiger partial charge < -0.3 is 24.3 Å². The molecule has 126 valence electrons. The normalized spacial score (nSPS) is 15.5. The molecule has 6 heteroatoms. The molecule has 2 atom stereocenters. The lowest BCUT2D eigenvalue weighted by atomic mass is 9.94. The Balaban J connectivity index is 4.10. The minimum absolute atomic E-state index is 0.0653. The van der Waals surface area contributed by atoms with Crippen LogP contribution < -0.4 is 5.32 Å². The number of hydrogen-bond acceptors (Lipinski definition) is 6. The molecular weight excluding hydrogens is 274 g/mol. The van der Waals surface area contributed by atoms with Crippen molar-refractivity contribution in [2.24, 2.45) is 0 Å². The van der Waals surface area contributed by atoms with Crippen LogP contribution in [0, 0.1) is 0 Å². The Bertz CT molecular complexity index is 275. The molecule has 21 heavy (non-hydrogen) atoms. The van der Waals surface area contributed by atoms with Crippen LogP contribution in [0.4, 0.5) is 0 Å². The monoisotopic (exact) mass is 305 g/mol. The molecule has 0 aromatic heterocycles. The van der Waals surface area contributed by atoms with Crippen molar-refractivity contribution in [3.8, 4) is 0 Å². The number of likely N-dealkylation sites (N-methyl/N-ethyl adjacent to an activating group) is 1. The fourth-order valence-electron chi connectivity index (χ4n) is 2.09. The lowest BCUT2D eigenvalue weighted by Crippen LogP contribution is -2.52. The maximum Gasteiger partial charge on any atom is 0.326 e. The van der Waals surface area contributed by atoms with Crippen molar-refractivity contribution < 1.29 is 23.7 Å². The van der Waals surface area contributed by atoms with Crippen LogP contribution in [0.2, 0.25) is 0 Å². The predicted octanol–water partition coefficient (Wildman–Crippen LogP) is 1.38. The van der Waals surface area contributed by atoms with Gasteiger partial charge >= 0.3 is 5.97 Å². The van der Waals surface area contributed by atoms with Crippen molar-refractivity contribution in [2.45, 2.75) is 45.8 Å². The van der Waals surface area contributed by atoms with Crippen molar-refractivity contribution in [1.82, 2.24) is 5.32 Å². The summed E-state index contributed by atoms with van der Waals surface area (Å²) in [5.74, 6) is -0.237. The van der Waals surface area contributed by atoms with Crippen LogP contribution in [0.25, 0.3) is 0 Å². The molecule has 0 rings (SSSR count). The molecule has 2 unspecified atom stereocenters. The number of methoxy groups -OCH3 is 1. The molecule has 0 heterocycles. The average Bonchev–Trinajstić information content (AvgIpc) is 2.43. The zero-order chi connectivity index (χ0) is 16.1. The van der Waals surface area contributed by atoms with Crippen molar-refractivity contribution in [1.29, 1.82) is 0 Å². The van der Waals surface area contributed by atoms with Crippen LogP contribution >= 0.6 is 0 Å². The van der Waals surface area contributed by atoms with Gasteiger partial charge in [-0.05, 0) is 27.3 Å². The first-order valence-electron chi connectivity index (χ1n) is 7.60. The third-order valence-electron chi connectivity index (χ3n) is 3.05. The molecule has 0 spiro atoms. The summed E-state index contributed by atoms with van der Waals surface area (Å²) in [7, 11) is 1.64. The van der Waals surface area contributed by atoms with E-state index in [1.54, 1.807) is 7.11 Å². The van der Waals surface area contributed by atoms with Crippen molar-refractivity contribution in [3.63, 3.8) is 0 Å². The second-order valence-electron chi connectivity index (χ2n) is 5.07. The first-order valence-corrected chi connectivity index (χ1v) is 7.60. The fourth-order valence-corrected chi connectivity index (χ4v) is 2.09. The molecule has 0 saturated carbocycles. The van der Waals surface area contributed by atoms with Gasteiger partial charge in [0, 0.05) is 13.5 Å². The lowest BCUT2D eigenvalue weighted by Gasteiger charge is -2.30. The number of carbonyl (C=O) groups is 1. The maximum atomic E-state index is 12.1. The SMILES string of the molecule is CCNC(C)(CC(C)OCCOCCOC)C(=O)OCC. The highest BCUT2D eigenvalue weighted by atomic mass is 16.5. The molecule has 0 saturated heterocycles. The van der Waals surface area contributed by atoms with Gasteiger partial charge in [0.25, 0.3) is 0 Å². The number of nitrogens with one attached hydrogen (secondary N) is 1. The molecule has 6 nitrogen and oxygen atoms in total. The fraction of sp³-hybridized carbons (Fsp3) is 0.933. The first-order chi connectivity index (χ1) is 10.00. The van der Waals surface area contributed by atoms with Gasteiger partial charge in [-0.3, -0.25) is 4.79 Å². The Labute approximate surface area is 128 Å². The summed E-state index contributed by atoms with van der Waals surface area (Å²) in [6.45, 7) is 10.8. The number of rotatable bonds is 13. The van der Waals surface area contributed by atoms with E-state index in [0.29, 0.717) is 46.0 Å². The standard InChI is InChI=1S/C15H31NO5/c1-6-16-15(4,14(17)20-7-2)12-13(3)21-11-10-19-9-8-18-5/h13,16H,6-12H2,1-5H3. The van der Waals surface area contributed by atoms with Crippen molar-refractivity contribution in [2.75, 3.05) is 46.7 Å². The maximum absolute atomic E-state index is 12.1. The topological polar surface area (TPSA) is 66.0 Å². The minimum atomic E-state index is -0.721. The molecule has 0 fully saturated rings. The predicted molar refractivity (Wildman–Crippen MR) is 81.4 cm³/mol. The molecule has 0 aliphatic rings. The van der Waals surface area contributed by atoms with Crippen LogP contribution in [-0.2, 0) is 23.7 Å². The zero-order valence-electron chi connectivity index (χ0n) is 14.1. The van der Waals surface area contributed by atoms with Crippen LogP contribution in [-0.4, -0.2) is 64.3 Å². The van der Waals surface area contributed by atoms with Gasteiger partial charge in [-0.1, -0.05) is 6.92 Å². The van der Waals surface area contributed by atoms with E-state index < -0.39 is 5.54 Å². The van der Waals surface area contributed by atoms with Crippen LogP contribution in [0.3, 0.4) is 0 Å². The van der Waals surface area contributed by atoms with Gasteiger partial charge in [0.1, 0.15) is 5.54 Å². The summed E-state index contributed by atoms with van der Waals surface area (Å²) < 4.78 is 21.0. The summed E-state index contributed by atoms with van der Waals surface area (Å²) in [5.41, 5.74) is -0.721. The highest BCUT2D eigenvalue weighted by Crippen LogP contribution is 2.16. The number of carbonyl (C=O) groups excluding carboxylic acids is 1. The zero-order valence-corrected chi connectivity index (χ0v) is 14.1. The van der Waals surface area contributed by atoms with Gasteiger partial charge in [-0.2, -0.15) is 0 Å². The van der Waals surface area contributed by atoms with E-state index >= 15 is 0 Å². The van der Waals surface area contributed by atoms with E-state index in [1.807, 2.05) is 27.7 Å². The molecule has 0 aromatic rings. The summed E-state index contributed by atoms with van der Waals surface area (Å²) in [4.78, 5) is 12.1. The average molecular weight is 305 g/mol. The number of esters is 1. The van der Waals surface area contributed by atoms with E-state index in [2.05, 4.69) is 5.32 Å². The number of ether oxygens (including phenoxy) is 4. The Morgan fingerprint density at radius 1 is 1.19 bits per heavy atom. The Morgan fingerprint density at radius 3 is 2.43 bits per heavy atom. The van der Waals surface area contributed by atoms with E-state index in [0.717, 1.165) is 0 Å². The molecular formula is C15H31NO5. The quantitative estimate of drug-likeness (QED) is 0.409. The summed E-state index contributed by atoms with van der Waals surface area (Å²) in [5, 5.41) is 3.19. The van der Waals surface area contributed by atoms with Crippen molar-refractivity contribution >= 4 is 5.97 Å². The third-order valence-corrected chi connectivity index (χ3v) is 3.05.